The third-order valence-corrected chi connectivity index (χ3v) is 4.96. The molecule has 0 aliphatic carbocycles. The van der Waals surface area contributed by atoms with E-state index in [1.807, 2.05) is 30.3 Å². The summed E-state index contributed by atoms with van der Waals surface area (Å²) < 4.78 is 25.4. The Hall–Kier alpha value is -3.38. The summed E-state index contributed by atoms with van der Waals surface area (Å²) in [4.78, 5) is 14.8. The minimum absolute atomic E-state index is 0.216. The van der Waals surface area contributed by atoms with E-state index < -0.39 is 12.0 Å². The molecule has 4 rings (SSSR count). The van der Waals surface area contributed by atoms with Gasteiger partial charge in [0.25, 0.3) is 5.91 Å². The monoisotopic (exact) mass is 392 g/mol. The number of hydrogen-bond acceptors (Lipinski definition) is 4. The minimum atomic E-state index is -0.587. The van der Waals surface area contributed by atoms with Crippen LogP contribution >= 0.6 is 0 Å². The highest BCUT2D eigenvalue weighted by atomic mass is 19.1. The predicted molar refractivity (Wildman–Crippen MR) is 110 cm³/mol. The predicted octanol–water partition coefficient (Wildman–Crippen LogP) is 4.75. The van der Waals surface area contributed by atoms with Crippen LogP contribution in [0.5, 0.6) is 5.75 Å². The smallest absolute Gasteiger partial charge is 0.262 e. The van der Waals surface area contributed by atoms with Crippen molar-refractivity contribution in [2.45, 2.75) is 12.8 Å². The van der Waals surface area contributed by atoms with Crippen LogP contribution in [0.25, 0.3) is 0 Å². The van der Waals surface area contributed by atoms with Gasteiger partial charge >= 0.3 is 0 Å². The van der Waals surface area contributed by atoms with Crippen LogP contribution in [-0.2, 0) is 11.3 Å². The zero-order valence-electron chi connectivity index (χ0n) is 16.2. The van der Waals surface area contributed by atoms with Crippen LogP contribution in [0.15, 0.2) is 66.7 Å². The lowest BCUT2D eigenvalue weighted by Gasteiger charge is -2.38. The molecule has 0 fully saturated rings. The number of halogens is 1. The number of anilines is 2. The number of carbonyl (C=O) groups excluding carboxylic acids is 1. The summed E-state index contributed by atoms with van der Waals surface area (Å²) in [5.74, 6) is -0.0354. The summed E-state index contributed by atoms with van der Waals surface area (Å²) >= 11 is 0. The summed E-state index contributed by atoms with van der Waals surface area (Å²) in [5, 5.41) is 3.38. The van der Waals surface area contributed by atoms with Gasteiger partial charge in [0.1, 0.15) is 17.7 Å². The van der Waals surface area contributed by atoms with Crippen molar-refractivity contribution in [3.05, 3.63) is 89.2 Å². The number of amides is 1. The number of rotatable bonds is 5. The van der Waals surface area contributed by atoms with E-state index in [0.29, 0.717) is 23.6 Å². The Morgan fingerprint density at radius 3 is 2.55 bits per heavy atom. The lowest BCUT2D eigenvalue weighted by molar-refractivity contribution is 0.0974. The molecule has 0 spiro atoms. The Labute approximate surface area is 168 Å². The second-order valence-corrected chi connectivity index (χ2v) is 6.72. The van der Waals surface area contributed by atoms with E-state index in [0.717, 1.165) is 11.1 Å². The first-order chi connectivity index (χ1) is 14.1. The number of ether oxygens (including phenoxy) is 2. The number of fused-ring (bicyclic) bond motifs is 1. The van der Waals surface area contributed by atoms with Crippen LogP contribution in [0.2, 0.25) is 0 Å². The van der Waals surface area contributed by atoms with Crippen LogP contribution in [0.3, 0.4) is 0 Å². The number of hydrogen-bond donors (Lipinski definition) is 1. The summed E-state index contributed by atoms with van der Waals surface area (Å²) in [5.41, 5.74) is 3.06. The zero-order chi connectivity index (χ0) is 20.4. The standard InChI is InChI=1S/C23H21FN2O3/c1-28-14-16-13-15(11-12-21(16)29-2)22-25-19-9-5-3-7-17(19)23(27)26(22)20-10-6-4-8-18(20)24/h3-13,22,25H,14H2,1-2H3/t22-/m1/s1. The maximum absolute atomic E-state index is 14.7. The average Bonchev–Trinajstić information content (AvgIpc) is 2.75. The molecule has 0 radical (unpaired) electrons. The molecule has 1 atom stereocenters. The van der Waals surface area contributed by atoms with E-state index in [2.05, 4.69) is 5.32 Å². The number of nitrogens with zero attached hydrogens (tertiary/aromatic N) is 1. The zero-order valence-corrected chi connectivity index (χ0v) is 16.2. The second-order valence-electron chi connectivity index (χ2n) is 6.72. The van der Waals surface area contributed by atoms with Crippen molar-refractivity contribution in [3.8, 4) is 5.75 Å². The van der Waals surface area contributed by atoms with Gasteiger partial charge in [-0.15, -0.1) is 0 Å². The Morgan fingerprint density at radius 1 is 1.03 bits per heavy atom. The molecule has 0 saturated heterocycles. The van der Waals surface area contributed by atoms with E-state index in [1.54, 1.807) is 44.6 Å². The van der Waals surface area contributed by atoms with Gasteiger partial charge in [-0.2, -0.15) is 0 Å². The van der Waals surface area contributed by atoms with Crippen LogP contribution < -0.4 is 15.0 Å². The van der Waals surface area contributed by atoms with Crippen molar-refractivity contribution >= 4 is 17.3 Å². The number of carbonyl (C=O) groups is 1. The molecule has 1 N–H and O–H groups in total. The van der Waals surface area contributed by atoms with Crippen LogP contribution in [0, 0.1) is 5.82 Å². The topological polar surface area (TPSA) is 50.8 Å². The molecule has 3 aromatic rings. The van der Waals surface area contributed by atoms with E-state index >= 15 is 0 Å². The first-order valence-electron chi connectivity index (χ1n) is 9.23. The normalized spacial score (nSPS) is 15.6. The van der Waals surface area contributed by atoms with Gasteiger partial charge in [0.05, 0.1) is 25.0 Å². The maximum Gasteiger partial charge on any atom is 0.262 e. The molecule has 0 bridgehead atoms. The largest absolute Gasteiger partial charge is 0.496 e. The molecule has 1 amide bonds. The molecule has 148 valence electrons. The van der Waals surface area contributed by atoms with E-state index in [9.17, 15) is 9.18 Å². The molecule has 1 aliphatic rings. The minimum Gasteiger partial charge on any atom is -0.496 e. The molecule has 1 heterocycles. The molecule has 0 unspecified atom stereocenters. The third-order valence-electron chi connectivity index (χ3n) is 4.96. The Morgan fingerprint density at radius 2 is 1.79 bits per heavy atom. The van der Waals surface area contributed by atoms with Gasteiger partial charge in [0, 0.05) is 18.4 Å². The van der Waals surface area contributed by atoms with Crippen molar-refractivity contribution in [2.24, 2.45) is 0 Å². The Balaban J connectivity index is 1.86. The maximum atomic E-state index is 14.7. The van der Waals surface area contributed by atoms with E-state index in [1.165, 1.54) is 11.0 Å². The van der Waals surface area contributed by atoms with Crippen molar-refractivity contribution < 1.29 is 18.7 Å². The molecular weight excluding hydrogens is 371 g/mol. The quantitative estimate of drug-likeness (QED) is 0.681. The SMILES string of the molecule is COCc1cc([C@@H]2Nc3ccccc3C(=O)N2c2ccccc2F)ccc1OC. The van der Waals surface area contributed by atoms with Gasteiger partial charge < -0.3 is 14.8 Å². The molecule has 6 heteroatoms. The molecule has 1 aliphatic heterocycles. The first-order valence-corrected chi connectivity index (χ1v) is 9.23. The van der Waals surface area contributed by atoms with Gasteiger partial charge in [-0.25, -0.2) is 4.39 Å². The Kier molecular flexibility index (Phi) is 5.18. The van der Waals surface area contributed by atoms with Gasteiger partial charge in [-0.05, 0) is 42.0 Å². The van der Waals surface area contributed by atoms with Crippen LogP contribution in [-0.4, -0.2) is 20.1 Å². The fraction of sp³-hybridized carbons (Fsp3) is 0.174. The van der Waals surface area contributed by atoms with E-state index in [4.69, 9.17) is 9.47 Å². The number of para-hydroxylation sites is 2. The first kappa shape index (κ1) is 19.0. The third kappa shape index (κ3) is 3.43. The van der Waals surface area contributed by atoms with Gasteiger partial charge in [0.15, 0.2) is 0 Å². The van der Waals surface area contributed by atoms with Crippen molar-refractivity contribution in [1.82, 2.24) is 0 Å². The number of nitrogens with one attached hydrogen (secondary N) is 1. The van der Waals surface area contributed by atoms with Crippen molar-refractivity contribution in [2.75, 3.05) is 24.4 Å². The van der Waals surface area contributed by atoms with Crippen LogP contribution in [0.1, 0.15) is 27.7 Å². The number of benzene rings is 3. The highest BCUT2D eigenvalue weighted by Crippen LogP contribution is 2.38. The number of methoxy groups -OCH3 is 2. The lowest BCUT2D eigenvalue weighted by atomic mass is 10.0. The summed E-state index contributed by atoms with van der Waals surface area (Å²) in [7, 11) is 3.20. The molecule has 29 heavy (non-hydrogen) atoms. The highest BCUT2D eigenvalue weighted by Gasteiger charge is 2.35. The second kappa shape index (κ2) is 7.93. The summed E-state index contributed by atoms with van der Waals surface area (Å²) in [6.07, 6.45) is -0.587. The summed E-state index contributed by atoms with van der Waals surface area (Å²) in [6, 6.07) is 19.1. The van der Waals surface area contributed by atoms with Crippen LogP contribution in [0.4, 0.5) is 15.8 Å². The molecule has 0 aromatic heterocycles. The summed E-state index contributed by atoms with van der Waals surface area (Å²) in [6.45, 7) is 0.355. The molecular formula is C23H21FN2O3. The van der Waals surface area contributed by atoms with Gasteiger partial charge in [-0.1, -0.05) is 30.3 Å². The average molecular weight is 392 g/mol. The highest BCUT2D eigenvalue weighted by molar-refractivity contribution is 6.12. The van der Waals surface area contributed by atoms with E-state index in [-0.39, 0.29) is 11.6 Å². The van der Waals surface area contributed by atoms with Crippen molar-refractivity contribution in [3.63, 3.8) is 0 Å². The Bertz CT molecular complexity index is 1050. The molecule has 3 aromatic carbocycles. The fourth-order valence-electron chi connectivity index (χ4n) is 3.62. The lowest BCUT2D eigenvalue weighted by Crippen LogP contribution is -2.43. The molecule has 5 nitrogen and oxygen atoms in total. The van der Waals surface area contributed by atoms with Gasteiger partial charge in [-0.3, -0.25) is 9.69 Å². The van der Waals surface area contributed by atoms with Crippen molar-refractivity contribution in [1.29, 1.82) is 0 Å². The van der Waals surface area contributed by atoms with Gasteiger partial charge in [0.2, 0.25) is 0 Å². The molecule has 0 saturated carbocycles. The fourth-order valence-corrected chi connectivity index (χ4v) is 3.62.